The highest BCUT2D eigenvalue weighted by molar-refractivity contribution is 14.1. The van der Waals surface area contributed by atoms with Crippen molar-refractivity contribution in [3.05, 3.63) is 62.2 Å². The number of carbonyl (C=O) groups excluding carboxylic acids is 2. The minimum absolute atomic E-state index is 0.0475. The number of nitrogens with one attached hydrogen (secondary N) is 2. The van der Waals surface area contributed by atoms with Gasteiger partial charge < -0.3 is 10.1 Å². The van der Waals surface area contributed by atoms with Crippen LogP contribution in [-0.2, 0) is 4.74 Å². The summed E-state index contributed by atoms with van der Waals surface area (Å²) in [6.07, 6.45) is 0. The second-order valence-corrected chi connectivity index (χ2v) is 6.63. The highest BCUT2D eigenvalue weighted by atomic mass is 127. The molecule has 2 aromatic rings. The van der Waals surface area contributed by atoms with Crippen molar-refractivity contribution in [1.82, 2.24) is 5.32 Å². The SMILES string of the molecule is COC(=O)c1ccccc1NC(=S)NC(=O)c1cc(I)ccc1Cl. The van der Waals surface area contributed by atoms with Crippen molar-refractivity contribution in [1.29, 1.82) is 0 Å². The first kappa shape index (κ1) is 18.6. The third-order valence-electron chi connectivity index (χ3n) is 2.98. The van der Waals surface area contributed by atoms with Crippen LogP contribution in [0.3, 0.4) is 0 Å². The molecule has 0 spiro atoms. The first-order valence-corrected chi connectivity index (χ1v) is 8.53. The van der Waals surface area contributed by atoms with Gasteiger partial charge in [0.05, 0.1) is 28.9 Å². The van der Waals surface area contributed by atoms with E-state index in [0.717, 1.165) is 3.57 Å². The van der Waals surface area contributed by atoms with Gasteiger partial charge in [-0.05, 0) is 65.1 Å². The van der Waals surface area contributed by atoms with Gasteiger partial charge >= 0.3 is 5.97 Å². The van der Waals surface area contributed by atoms with Crippen LogP contribution in [0.4, 0.5) is 5.69 Å². The van der Waals surface area contributed by atoms with E-state index in [4.69, 9.17) is 28.6 Å². The molecule has 0 aromatic heterocycles. The third kappa shape index (κ3) is 4.65. The van der Waals surface area contributed by atoms with Crippen molar-refractivity contribution in [2.75, 3.05) is 12.4 Å². The number of benzene rings is 2. The van der Waals surface area contributed by atoms with E-state index in [1.54, 1.807) is 42.5 Å². The van der Waals surface area contributed by atoms with E-state index in [9.17, 15) is 9.59 Å². The summed E-state index contributed by atoms with van der Waals surface area (Å²) in [6, 6.07) is 11.8. The molecule has 0 radical (unpaired) electrons. The highest BCUT2D eigenvalue weighted by Crippen LogP contribution is 2.19. The fourth-order valence-electron chi connectivity index (χ4n) is 1.88. The molecule has 2 rings (SSSR count). The van der Waals surface area contributed by atoms with E-state index in [2.05, 4.69) is 33.2 Å². The number of hydrogen-bond donors (Lipinski definition) is 2. The standard InChI is InChI=1S/C16H12ClIN2O3S/c1-23-15(22)10-4-2-3-5-13(10)19-16(24)20-14(21)11-8-9(18)6-7-12(11)17/h2-8H,1H3,(H2,19,20,21,24). The molecule has 124 valence electrons. The summed E-state index contributed by atoms with van der Waals surface area (Å²) in [6.45, 7) is 0. The lowest BCUT2D eigenvalue weighted by molar-refractivity contribution is 0.0602. The van der Waals surface area contributed by atoms with Gasteiger partial charge in [-0.15, -0.1) is 0 Å². The largest absolute Gasteiger partial charge is 0.465 e. The fourth-order valence-corrected chi connectivity index (χ4v) is 2.77. The van der Waals surface area contributed by atoms with Crippen molar-refractivity contribution in [2.45, 2.75) is 0 Å². The molecule has 0 saturated carbocycles. The Morgan fingerprint density at radius 2 is 1.88 bits per heavy atom. The van der Waals surface area contributed by atoms with Gasteiger partial charge in [-0.3, -0.25) is 10.1 Å². The maximum atomic E-state index is 12.3. The molecule has 0 bridgehead atoms. The van der Waals surface area contributed by atoms with Crippen molar-refractivity contribution in [2.24, 2.45) is 0 Å². The number of rotatable bonds is 3. The van der Waals surface area contributed by atoms with Crippen LogP contribution in [0, 0.1) is 3.57 Å². The molecule has 0 heterocycles. The highest BCUT2D eigenvalue weighted by Gasteiger charge is 2.15. The number of anilines is 1. The Kier molecular flexibility index (Phi) is 6.52. The number of methoxy groups -OCH3 is 1. The average molecular weight is 475 g/mol. The van der Waals surface area contributed by atoms with Gasteiger partial charge in [0.15, 0.2) is 5.11 Å². The Labute approximate surface area is 162 Å². The summed E-state index contributed by atoms with van der Waals surface area (Å²) < 4.78 is 5.58. The zero-order valence-corrected chi connectivity index (χ0v) is 16.2. The lowest BCUT2D eigenvalue weighted by atomic mass is 10.2. The van der Waals surface area contributed by atoms with Crippen molar-refractivity contribution >= 4 is 69.1 Å². The van der Waals surface area contributed by atoms with Gasteiger partial charge in [0.2, 0.25) is 0 Å². The van der Waals surface area contributed by atoms with E-state index in [1.807, 2.05) is 0 Å². The minimum Gasteiger partial charge on any atom is -0.465 e. The van der Waals surface area contributed by atoms with Crippen LogP contribution in [0.25, 0.3) is 0 Å². The topological polar surface area (TPSA) is 67.4 Å². The Morgan fingerprint density at radius 1 is 1.17 bits per heavy atom. The molecule has 0 saturated heterocycles. The summed E-state index contributed by atoms with van der Waals surface area (Å²) in [7, 11) is 1.29. The number of carbonyl (C=O) groups is 2. The molecule has 8 heteroatoms. The lowest BCUT2D eigenvalue weighted by Gasteiger charge is -2.13. The maximum Gasteiger partial charge on any atom is 0.339 e. The van der Waals surface area contributed by atoms with Gasteiger partial charge in [0.25, 0.3) is 5.91 Å². The number of ether oxygens (including phenoxy) is 1. The number of amides is 1. The molecule has 2 N–H and O–H groups in total. The number of hydrogen-bond acceptors (Lipinski definition) is 4. The second kappa shape index (κ2) is 8.41. The molecular formula is C16H12ClIN2O3S. The smallest absolute Gasteiger partial charge is 0.339 e. The van der Waals surface area contributed by atoms with E-state index < -0.39 is 11.9 Å². The van der Waals surface area contributed by atoms with Crippen molar-refractivity contribution < 1.29 is 14.3 Å². The van der Waals surface area contributed by atoms with Gasteiger partial charge in [-0.1, -0.05) is 23.7 Å². The predicted octanol–water partition coefficient (Wildman–Crippen LogP) is 3.86. The number of thiocarbonyl (C=S) groups is 1. The van der Waals surface area contributed by atoms with Crippen LogP contribution in [0.5, 0.6) is 0 Å². The lowest BCUT2D eigenvalue weighted by Crippen LogP contribution is -2.34. The maximum absolute atomic E-state index is 12.3. The molecular weight excluding hydrogens is 463 g/mol. The monoisotopic (exact) mass is 474 g/mol. The summed E-state index contributed by atoms with van der Waals surface area (Å²) in [5, 5.41) is 5.72. The molecule has 5 nitrogen and oxygen atoms in total. The summed E-state index contributed by atoms with van der Waals surface area (Å²) >= 11 is 13.2. The molecule has 0 aliphatic carbocycles. The van der Waals surface area contributed by atoms with Crippen molar-refractivity contribution in [3.63, 3.8) is 0 Å². The predicted molar refractivity (Wildman–Crippen MR) is 106 cm³/mol. The molecule has 2 aromatic carbocycles. The Bertz CT molecular complexity index is 814. The molecule has 0 atom stereocenters. The van der Waals surface area contributed by atoms with Crippen LogP contribution >= 0.6 is 46.4 Å². The van der Waals surface area contributed by atoms with E-state index in [-0.39, 0.29) is 5.11 Å². The van der Waals surface area contributed by atoms with Gasteiger partial charge in [0, 0.05) is 3.57 Å². The number of esters is 1. The number of para-hydroxylation sites is 1. The minimum atomic E-state index is -0.507. The fraction of sp³-hybridized carbons (Fsp3) is 0.0625. The van der Waals surface area contributed by atoms with Crippen LogP contribution in [0.15, 0.2) is 42.5 Å². The number of halogens is 2. The van der Waals surface area contributed by atoms with Crippen LogP contribution < -0.4 is 10.6 Å². The summed E-state index contributed by atoms with van der Waals surface area (Å²) in [4.78, 5) is 24.0. The van der Waals surface area contributed by atoms with Crippen LogP contribution in [0.2, 0.25) is 5.02 Å². The van der Waals surface area contributed by atoms with E-state index in [0.29, 0.717) is 21.8 Å². The molecule has 24 heavy (non-hydrogen) atoms. The normalized spacial score (nSPS) is 9.96. The van der Waals surface area contributed by atoms with Gasteiger partial charge in [0.1, 0.15) is 0 Å². The van der Waals surface area contributed by atoms with Crippen LogP contribution in [-0.4, -0.2) is 24.1 Å². The van der Waals surface area contributed by atoms with E-state index >= 15 is 0 Å². The first-order chi connectivity index (χ1) is 11.4. The van der Waals surface area contributed by atoms with Crippen molar-refractivity contribution in [3.8, 4) is 0 Å². The van der Waals surface area contributed by atoms with Gasteiger partial charge in [-0.25, -0.2) is 4.79 Å². The van der Waals surface area contributed by atoms with Crippen LogP contribution in [0.1, 0.15) is 20.7 Å². The summed E-state index contributed by atoms with van der Waals surface area (Å²) in [5.74, 6) is -0.945. The Balaban J connectivity index is 2.13. The Hall–Kier alpha value is -1.71. The first-order valence-electron chi connectivity index (χ1n) is 6.67. The molecule has 0 aliphatic heterocycles. The zero-order chi connectivity index (χ0) is 17.7. The molecule has 0 aliphatic rings. The Morgan fingerprint density at radius 3 is 2.58 bits per heavy atom. The zero-order valence-electron chi connectivity index (χ0n) is 12.4. The average Bonchev–Trinajstić information content (AvgIpc) is 2.56. The van der Waals surface area contributed by atoms with Gasteiger partial charge in [-0.2, -0.15) is 0 Å². The third-order valence-corrected chi connectivity index (χ3v) is 4.19. The quantitative estimate of drug-likeness (QED) is 0.402. The molecule has 0 unspecified atom stereocenters. The molecule has 1 amide bonds. The second-order valence-electron chi connectivity index (χ2n) is 4.57. The summed E-state index contributed by atoms with van der Waals surface area (Å²) in [5.41, 5.74) is 1.06. The molecule has 0 fully saturated rings. The van der Waals surface area contributed by atoms with E-state index in [1.165, 1.54) is 7.11 Å².